The minimum atomic E-state index is -0.504. The summed E-state index contributed by atoms with van der Waals surface area (Å²) in [4.78, 5) is 39.0. The Balaban J connectivity index is 1.58. The third-order valence-electron chi connectivity index (χ3n) is 4.35. The lowest BCUT2D eigenvalue weighted by Gasteiger charge is -2.34. The van der Waals surface area contributed by atoms with Crippen molar-refractivity contribution in [2.45, 2.75) is 6.61 Å². The lowest BCUT2D eigenvalue weighted by atomic mass is 10.1. The van der Waals surface area contributed by atoms with Crippen LogP contribution in [0.5, 0.6) is 0 Å². The fourth-order valence-corrected chi connectivity index (χ4v) is 3.69. The molecule has 3 rings (SSSR count). The molecule has 1 aromatic heterocycles. The van der Waals surface area contributed by atoms with Crippen LogP contribution < -0.4 is 0 Å². The number of rotatable bonds is 5. The molecule has 0 atom stereocenters. The Hall–Kier alpha value is -2.78. The topological polar surface area (TPSA) is 93.0 Å². The summed E-state index contributed by atoms with van der Waals surface area (Å²) in [6.45, 7) is 2.15. The second-order valence-corrected chi connectivity index (χ2v) is 7.17. The Bertz CT molecular complexity index is 841. The van der Waals surface area contributed by atoms with Crippen LogP contribution in [0.4, 0.5) is 5.00 Å². The monoisotopic (exact) mass is 389 g/mol. The van der Waals surface area contributed by atoms with Crippen molar-refractivity contribution in [1.29, 1.82) is 0 Å². The zero-order chi connectivity index (χ0) is 19.4. The van der Waals surface area contributed by atoms with Crippen molar-refractivity contribution in [1.82, 2.24) is 9.80 Å². The normalized spacial score (nSPS) is 14.3. The van der Waals surface area contributed by atoms with Crippen LogP contribution in [-0.2, 0) is 11.3 Å². The Morgan fingerprint density at radius 3 is 2.15 bits per heavy atom. The number of nitro groups is 1. The number of hydrogen-bond donors (Lipinski definition) is 0. The van der Waals surface area contributed by atoms with Gasteiger partial charge in [0.15, 0.2) is 0 Å². The fraction of sp³-hybridized carbons (Fsp3) is 0.333. The summed E-state index contributed by atoms with van der Waals surface area (Å²) in [6, 6.07) is 10.1. The van der Waals surface area contributed by atoms with Gasteiger partial charge in [0.2, 0.25) is 0 Å². The van der Waals surface area contributed by atoms with E-state index in [0.717, 1.165) is 16.9 Å². The number of methoxy groups -OCH3 is 1. The summed E-state index contributed by atoms with van der Waals surface area (Å²) in [5.41, 5.74) is 1.60. The van der Waals surface area contributed by atoms with Gasteiger partial charge in [-0.15, -0.1) is 0 Å². The van der Waals surface area contributed by atoms with Crippen molar-refractivity contribution in [3.05, 3.63) is 62.5 Å². The molecule has 8 nitrogen and oxygen atoms in total. The molecule has 1 aromatic carbocycles. The number of carbonyl (C=O) groups excluding carboxylic acids is 2. The van der Waals surface area contributed by atoms with Gasteiger partial charge in [0.25, 0.3) is 11.8 Å². The third kappa shape index (κ3) is 4.32. The summed E-state index contributed by atoms with van der Waals surface area (Å²) in [5.74, 6) is -0.304. The van der Waals surface area contributed by atoms with Crippen LogP contribution in [0.15, 0.2) is 36.4 Å². The van der Waals surface area contributed by atoms with Crippen molar-refractivity contribution in [2.75, 3.05) is 33.3 Å². The SMILES string of the molecule is COCc1ccc(C(=O)N2CCN(C(=O)c3ccc([N+](=O)[O-])s3)CC2)cc1. The molecular formula is C18H19N3O5S. The average molecular weight is 389 g/mol. The number of carbonyl (C=O) groups is 2. The number of thiophene rings is 1. The maximum Gasteiger partial charge on any atom is 0.324 e. The van der Waals surface area contributed by atoms with E-state index in [9.17, 15) is 19.7 Å². The second-order valence-electron chi connectivity index (χ2n) is 6.11. The number of amides is 2. The predicted octanol–water partition coefficient (Wildman–Crippen LogP) is 2.40. The van der Waals surface area contributed by atoms with Gasteiger partial charge in [-0.05, 0) is 23.8 Å². The highest BCUT2D eigenvalue weighted by Gasteiger charge is 2.27. The Kier molecular flexibility index (Phi) is 5.82. The van der Waals surface area contributed by atoms with E-state index >= 15 is 0 Å². The molecular weight excluding hydrogens is 370 g/mol. The van der Waals surface area contributed by atoms with Crippen molar-refractivity contribution in [2.24, 2.45) is 0 Å². The smallest absolute Gasteiger partial charge is 0.324 e. The minimum Gasteiger partial charge on any atom is -0.380 e. The lowest BCUT2D eigenvalue weighted by molar-refractivity contribution is -0.380. The van der Waals surface area contributed by atoms with Crippen LogP contribution in [-0.4, -0.2) is 59.8 Å². The molecule has 2 amide bonds. The summed E-state index contributed by atoms with van der Waals surface area (Å²) in [5, 5.41) is 10.7. The van der Waals surface area contributed by atoms with Gasteiger partial charge in [-0.2, -0.15) is 0 Å². The number of piperazine rings is 1. The number of hydrogen-bond acceptors (Lipinski definition) is 6. The van der Waals surface area contributed by atoms with Crippen LogP contribution in [0.25, 0.3) is 0 Å². The highest BCUT2D eigenvalue weighted by molar-refractivity contribution is 7.17. The van der Waals surface area contributed by atoms with Crippen molar-refractivity contribution in [3.8, 4) is 0 Å². The Labute approximate surface area is 160 Å². The first-order valence-electron chi connectivity index (χ1n) is 8.40. The van der Waals surface area contributed by atoms with Crippen molar-refractivity contribution >= 4 is 28.2 Å². The molecule has 9 heteroatoms. The molecule has 0 aliphatic carbocycles. The van der Waals surface area contributed by atoms with Gasteiger partial charge in [-0.1, -0.05) is 23.5 Å². The van der Waals surface area contributed by atoms with Crippen molar-refractivity contribution in [3.63, 3.8) is 0 Å². The van der Waals surface area contributed by atoms with Crippen LogP contribution in [0.3, 0.4) is 0 Å². The van der Waals surface area contributed by atoms with E-state index < -0.39 is 4.92 Å². The summed E-state index contributed by atoms with van der Waals surface area (Å²) >= 11 is 0.871. The highest BCUT2D eigenvalue weighted by Crippen LogP contribution is 2.25. The molecule has 1 aliphatic heterocycles. The molecule has 2 heterocycles. The molecule has 1 fully saturated rings. The van der Waals surface area contributed by atoms with Gasteiger partial charge in [0, 0.05) is 44.9 Å². The van der Waals surface area contributed by atoms with Gasteiger partial charge in [0.05, 0.1) is 16.4 Å². The van der Waals surface area contributed by atoms with Crippen LogP contribution in [0.2, 0.25) is 0 Å². The third-order valence-corrected chi connectivity index (χ3v) is 5.37. The molecule has 0 unspecified atom stereocenters. The predicted molar refractivity (Wildman–Crippen MR) is 99.9 cm³/mol. The summed E-state index contributed by atoms with van der Waals surface area (Å²) in [6.07, 6.45) is 0. The zero-order valence-electron chi connectivity index (χ0n) is 14.8. The largest absolute Gasteiger partial charge is 0.380 e. The second kappa shape index (κ2) is 8.28. The van der Waals surface area contributed by atoms with E-state index in [0.29, 0.717) is 43.2 Å². The molecule has 0 bridgehead atoms. The maximum atomic E-state index is 12.6. The quantitative estimate of drug-likeness (QED) is 0.578. The summed E-state index contributed by atoms with van der Waals surface area (Å²) in [7, 11) is 1.62. The standard InChI is InChI=1S/C18H19N3O5S/c1-26-12-13-2-4-14(5-3-13)17(22)19-8-10-20(11-9-19)18(23)15-6-7-16(27-15)21(24)25/h2-7H,8-12H2,1H3. The Morgan fingerprint density at radius 2 is 1.63 bits per heavy atom. The fourth-order valence-electron chi connectivity index (χ4n) is 2.90. The number of benzene rings is 1. The lowest BCUT2D eigenvalue weighted by Crippen LogP contribution is -2.50. The molecule has 2 aromatic rings. The molecule has 142 valence electrons. The van der Waals surface area contributed by atoms with Crippen LogP contribution >= 0.6 is 11.3 Å². The van der Waals surface area contributed by atoms with E-state index in [1.807, 2.05) is 12.1 Å². The highest BCUT2D eigenvalue weighted by atomic mass is 32.1. The van der Waals surface area contributed by atoms with E-state index in [2.05, 4.69) is 0 Å². The molecule has 0 N–H and O–H groups in total. The van der Waals surface area contributed by atoms with Gasteiger partial charge in [0.1, 0.15) is 0 Å². The van der Waals surface area contributed by atoms with E-state index in [-0.39, 0.29) is 16.8 Å². The molecule has 27 heavy (non-hydrogen) atoms. The maximum absolute atomic E-state index is 12.6. The number of nitrogens with zero attached hydrogens (tertiary/aromatic N) is 3. The van der Waals surface area contributed by atoms with Gasteiger partial charge >= 0.3 is 5.00 Å². The van der Waals surface area contributed by atoms with Gasteiger partial charge < -0.3 is 14.5 Å². The average Bonchev–Trinajstić information content (AvgIpc) is 3.18. The molecule has 0 spiro atoms. The molecule has 1 saturated heterocycles. The van der Waals surface area contributed by atoms with Crippen molar-refractivity contribution < 1.29 is 19.2 Å². The van der Waals surface area contributed by atoms with E-state index in [1.165, 1.54) is 12.1 Å². The van der Waals surface area contributed by atoms with Gasteiger partial charge in [-0.25, -0.2) is 0 Å². The molecule has 1 aliphatic rings. The Morgan fingerprint density at radius 1 is 1.04 bits per heavy atom. The number of ether oxygens (including phenoxy) is 1. The summed E-state index contributed by atoms with van der Waals surface area (Å²) < 4.78 is 5.06. The van der Waals surface area contributed by atoms with Gasteiger partial charge in [-0.3, -0.25) is 19.7 Å². The molecule has 0 saturated carbocycles. The first-order valence-corrected chi connectivity index (χ1v) is 9.22. The minimum absolute atomic E-state index is 0.0518. The van der Waals surface area contributed by atoms with Crippen LogP contribution in [0.1, 0.15) is 25.6 Å². The first kappa shape index (κ1) is 19.0. The van der Waals surface area contributed by atoms with E-state index in [1.54, 1.807) is 29.0 Å². The van der Waals surface area contributed by atoms with Crippen LogP contribution in [0, 0.1) is 10.1 Å². The van der Waals surface area contributed by atoms with E-state index in [4.69, 9.17) is 4.74 Å². The zero-order valence-corrected chi connectivity index (χ0v) is 15.6. The first-order chi connectivity index (χ1) is 13.0. The molecule has 0 radical (unpaired) electrons.